The van der Waals surface area contributed by atoms with E-state index in [0.29, 0.717) is 9.75 Å². The molecule has 4 heteroatoms. The van der Waals surface area contributed by atoms with Gasteiger partial charge >= 0.3 is 0 Å². The van der Waals surface area contributed by atoms with Gasteiger partial charge in [-0.15, -0.1) is 22.7 Å². The van der Waals surface area contributed by atoms with Crippen LogP contribution >= 0.6 is 22.7 Å². The summed E-state index contributed by atoms with van der Waals surface area (Å²) in [6, 6.07) is 7.01. The molecular weight excluding hydrogens is 228 g/mol. The van der Waals surface area contributed by atoms with Crippen LogP contribution in [0.25, 0.3) is 5.76 Å². The summed E-state index contributed by atoms with van der Waals surface area (Å²) in [6.07, 6.45) is 1.15. The van der Waals surface area contributed by atoms with E-state index in [1.165, 1.54) is 22.7 Å². The van der Waals surface area contributed by atoms with Gasteiger partial charge in [0.1, 0.15) is 0 Å². The topological polar surface area (TPSA) is 40.1 Å². The maximum absolute atomic E-state index is 11.6. The van der Waals surface area contributed by atoms with Gasteiger partial charge < -0.3 is 5.11 Å². The van der Waals surface area contributed by atoms with E-state index in [1.54, 1.807) is 24.3 Å². The summed E-state index contributed by atoms with van der Waals surface area (Å²) in [5, 5.41) is 15.2. The van der Waals surface area contributed by atoms with Crippen LogP contribution in [0.4, 0.5) is 0 Å². The average molecular weight is 235 g/mol. The second kappa shape index (κ2) is 4.42. The van der Waals surface area contributed by atoms with Crippen molar-refractivity contribution in [1.82, 2.24) is 0 Å². The number of carbonyl (C=O) groups is 1. The Hall–Kier alpha value is -1.39. The van der Waals surface area contributed by atoms with Crippen LogP contribution in [0.3, 0.4) is 0 Å². The van der Waals surface area contributed by atoms with E-state index >= 15 is 0 Å². The highest BCUT2D eigenvalue weighted by Gasteiger charge is 2.02. The molecule has 0 aliphatic heterocycles. The van der Waals surface area contributed by atoms with Crippen LogP contribution in [0, 0.1) is 0 Å². The lowest BCUT2D eigenvalue weighted by atomic mass is 10.2. The number of ketones is 1. The summed E-state index contributed by atoms with van der Waals surface area (Å²) in [5.41, 5.74) is 0. The van der Waals surface area contributed by atoms with E-state index in [9.17, 15) is 9.90 Å². The Morgan fingerprint density at radius 3 is 2.27 bits per heavy atom. The molecule has 2 nitrogen and oxygen atoms in total. The van der Waals surface area contributed by atoms with Crippen LogP contribution in [-0.4, -0.2) is 5.78 Å². The van der Waals surface area contributed by atoms with Crippen LogP contribution in [0.2, 0.25) is 0 Å². The molecule has 0 fully saturated rings. The first-order valence-corrected chi connectivity index (χ1v) is 6.04. The maximum atomic E-state index is 11.6. The highest BCUT2D eigenvalue weighted by Crippen LogP contribution is 2.17. The maximum Gasteiger partial charge on any atom is 0.195 e. The van der Waals surface area contributed by atoms with Gasteiger partial charge in [-0.2, -0.15) is 0 Å². The van der Waals surface area contributed by atoms with E-state index in [2.05, 4.69) is 0 Å². The first-order valence-electron chi connectivity index (χ1n) is 4.28. The Morgan fingerprint density at radius 2 is 1.73 bits per heavy atom. The minimum absolute atomic E-state index is 0.219. The summed E-state index contributed by atoms with van der Waals surface area (Å²) >= 11 is 2.68. The van der Waals surface area contributed by atoms with E-state index < -0.39 is 0 Å². The smallest absolute Gasteiger partial charge is 0.195 e. The molecule has 0 spiro atoms. The van der Waals surface area contributed by atoms with E-state index in [0.717, 1.165) is 6.08 Å². The van der Waals surface area contributed by atoms with Gasteiger partial charge in [0.15, 0.2) is 5.78 Å². The van der Waals surface area contributed by atoms with Crippen LogP contribution in [0.1, 0.15) is 14.5 Å². The first-order chi connectivity index (χ1) is 7.27. The standard InChI is InChI=1S/C11H8O2S2/c12-8(10-3-1-5-14-10)7-9(13)11-4-2-6-15-11/h1-7,12H/p-1/b8-7-. The zero-order valence-electron chi connectivity index (χ0n) is 7.67. The van der Waals surface area contributed by atoms with Crippen molar-refractivity contribution in [2.24, 2.45) is 0 Å². The zero-order chi connectivity index (χ0) is 10.7. The molecule has 0 atom stereocenters. The van der Waals surface area contributed by atoms with Crippen molar-refractivity contribution < 1.29 is 9.90 Å². The highest BCUT2D eigenvalue weighted by atomic mass is 32.1. The molecular formula is C11H7O2S2-. The van der Waals surface area contributed by atoms with Crippen molar-refractivity contribution in [2.45, 2.75) is 0 Å². The number of allylic oxidation sites excluding steroid dienone is 1. The molecule has 0 saturated carbocycles. The number of rotatable bonds is 3. The summed E-state index contributed by atoms with van der Waals surface area (Å²) < 4.78 is 0. The minimum atomic E-state index is -0.219. The summed E-state index contributed by atoms with van der Waals surface area (Å²) in [7, 11) is 0. The molecule has 0 N–H and O–H groups in total. The van der Waals surface area contributed by atoms with Gasteiger partial charge in [0.05, 0.1) is 4.88 Å². The van der Waals surface area contributed by atoms with Crippen molar-refractivity contribution in [3.05, 3.63) is 50.9 Å². The lowest BCUT2D eigenvalue weighted by Crippen LogP contribution is -2.03. The molecule has 15 heavy (non-hydrogen) atoms. The van der Waals surface area contributed by atoms with Crippen molar-refractivity contribution in [3.63, 3.8) is 0 Å². The fourth-order valence-corrected chi connectivity index (χ4v) is 2.37. The molecule has 2 rings (SSSR count). The van der Waals surface area contributed by atoms with Crippen molar-refractivity contribution >= 4 is 34.2 Å². The Morgan fingerprint density at radius 1 is 1.13 bits per heavy atom. The third kappa shape index (κ3) is 2.34. The molecule has 0 aliphatic carbocycles. The Balaban J connectivity index is 2.21. The lowest BCUT2D eigenvalue weighted by Gasteiger charge is -2.07. The molecule has 0 unspecified atom stereocenters. The van der Waals surface area contributed by atoms with Gasteiger partial charge in [0, 0.05) is 4.88 Å². The van der Waals surface area contributed by atoms with Crippen LogP contribution in [0.15, 0.2) is 41.1 Å². The van der Waals surface area contributed by atoms with E-state index in [4.69, 9.17) is 0 Å². The van der Waals surface area contributed by atoms with Crippen LogP contribution in [-0.2, 0) is 0 Å². The summed E-state index contributed by atoms with van der Waals surface area (Å²) in [5.74, 6) is -0.438. The Bertz CT molecular complexity index is 467. The normalized spacial score (nSPS) is 11.6. The monoisotopic (exact) mass is 235 g/mol. The summed E-state index contributed by atoms with van der Waals surface area (Å²) in [4.78, 5) is 12.7. The fraction of sp³-hybridized carbons (Fsp3) is 0. The molecule has 0 aromatic carbocycles. The van der Waals surface area contributed by atoms with Gasteiger partial charge in [-0.25, -0.2) is 0 Å². The van der Waals surface area contributed by atoms with Crippen molar-refractivity contribution in [3.8, 4) is 0 Å². The highest BCUT2D eigenvalue weighted by molar-refractivity contribution is 7.12. The molecule has 0 bridgehead atoms. The molecule has 0 aliphatic rings. The molecule has 0 saturated heterocycles. The second-order valence-corrected chi connectivity index (χ2v) is 4.72. The molecule has 76 valence electrons. The first kappa shape index (κ1) is 10.1. The zero-order valence-corrected chi connectivity index (χ0v) is 9.31. The lowest BCUT2D eigenvalue weighted by molar-refractivity contribution is -0.243. The third-order valence-corrected chi connectivity index (χ3v) is 3.56. The quantitative estimate of drug-likeness (QED) is 0.465. The molecule has 0 radical (unpaired) electrons. The minimum Gasteiger partial charge on any atom is -0.871 e. The predicted molar refractivity (Wildman–Crippen MR) is 60.9 cm³/mol. The summed E-state index contributed by atoms with van der Waals surface area (Å²) in [6.45, 7) is 0. The molecule has 2 aromatic heterocycles. The van der Waals surface area contributed by atoms with E-state index in [-0.39, 0.29) is 11.5 Å². The van der Waals surface area contributed by atoms with Gasteiger partial charge in [0.2, 0.25) is 0 Å². The van der Waals surface area contributed by atoms with Gasteiger partial charge in [-0.3, -0.25) is 4.79 Å². The molecule has 2 aromatic rings. The second-order valence-electron chi connectivity index (χ2n) is 2.83. The third-order valence-electron chi connectivity index (χ3n) is 1.79. The number of thiophene rings is 2. The van der Waals surface area contributed by atoms with Gasteiger partial charge in [0.25, 0.3) is 0 Å². The predicted octanol–water partition coefficient (Wildman–Crippen LogP) is 2.39. The van der Waals surface area contributed by atoms with Crippen molar-refractivity contribution in [1.29, 1.82) is 0 Å². The van der Waals surface area contributed by atoms with Crippen LogP contribution in [0.5, 0.6) is 0 Å². The van der Waals surface area contributed by atoms with E-state index in [1.807, 2.05) is 10.8 Å². The molecule has 2 heterocycles. The number of hydrogen-bond donors (Lipinski definition) is 0. The largest absolute Gasteiger partial charge is 0.871 e. The fourth-order valence-electron chi connectivity index (χ4n) is 1.10. The Labute approximate surface area is 95.1 Å². The van der Waals surface area contributed by atoms with Gasteiger partial charge in [-0.05, 0) is 29.0 Å². The Kier molecular flexibility index (Phi) is 2.99. The van der Waals surface area contributed by atoms with Gasteiger partial charge in [-0.1, -0.05) is 17.9 Å². The number of carbonyl (C=O) groups excluding carboxylic acids is 1. The SMILES string of the molecule is O=C(/C=C(\[O-])c1cccs1)c1cccs1. The average Bonchev–Trinajstić information content (AvgIpc) is 2.91. The van der Waals surface area contributed by atoms with Crippen LogP contribution < -0.4 is 5.11 Å². The number of hydrogen-bond acceptors (Lipinski definition) is 4. The van der Waals surface area contributed by atoms with Crippen molar-refractivity contribution in [2.75, 3.05) is 0 Å². The molecule has 0 amide bonds.